The summed E-state index contributed by atoms with van der Waals surface area (Å²) < 4.78 is 6.85. The SMILES string of the molecule is Cc1cc(C(=O)N(C)C2CN(c3ccc4nnc(C5CC5)n4n3)C2)no1. The van der Waals surface area contributed by atoms with Crippen molar-refractivity contribution in [3.63, 3.8) is 0 Å². The number of carbonyl (C=O) groups excluding carboxylic acids is 1. The number of aryl methyl sites for hydroxylation is 1. The predicted octanol–water partition coefficient (Wildman–Crippen LogP) is 1.26. The molecule has 0 aromatic carbocycles. The number of anilines is 1. The zero-order chi connectivity index (χ0) is 17.8. The minimum absolute atomic E-state index is 0.121. The molecule has 5 rings (SSSR count). The molecule has 9 heteroatoms. The minimum atomic E-state index is -0.121. The lowest BCUT2D eigenvalue weighted by Gasteiger charge is -2.44. The molecule has 2 fully saturated rings. The van der Waals surface area contributed by atoms with Gasteiger partial charge in [0.25, 0.3) is 5.91 Å². The van der Waals surface area contributed by atoms with Gasteiger partial charge in [-0.25, -0.2) is 0 Å². The molecule has 0 N–H and O–H groups in total. The Morgan fingerprint density at radius 3 is 2.77 bits per heavy atom. The average Bonchev–Trinajstić information content (AvgIpc) is 3.21. The first kappa shape index (κ1) is 15.3. The highest BCUT2D eigenvalue weighted by Crippen LogP contribution is 2.38. The van der Waals surface area contributed by atoms with Crippen LogP contribution in [0.2, 0.25) is 0 Å². The van der Waals surface area contributed by atoms with Crippen molar-refractivity contribution in [2.24, 2.45) is 0 Å². The highest BCUT2D eigenvalue weighted by molar-refractivity contribution is 5.92. The van der Waals surface area contributed by atoms with E-state index in [-0.39, 0.29) is 11.9 Å². The van der Waals surface area contributed by atoms with Crippen LogP contribution in [0.25, 0.3) is 5.65 Å². The predicted molar refractivity (Wildman–Crippen MR) is 92.1 cm³/mol. The smallest absolute Gasteiger partial charge is 0.276 e. The Morgan fingerprint density at radius 2 is 2.08 bits per heavy atom. The summed E-state index contributed by atoms with van der Waals surface area (Å²) in [5, 5.41) is 17.0. The van der Waals surface area contributed by atoms with Crippen molar-refractivity contribution < 1.29 is 9.32 Å². The maximum atomic E-state index is 12.5. The number of hydrogen-bond donors (Lipinski definition) is 0. The van der Waals surface area contributed by atoms with Crippen LogP contribution in [-0.4, -0.2) is 62.0 Å². The van der Waals surface area contributed by atoms with E-state index in [4.69, 9.17) is 9.62 Å². The molecule has 1 aliphatic heterocycles. The molecule has 0 spiro atoms. The standard InChI is InChI=1S/C17H19N7O2/c1-10-7-13(21-26-10)17(25)22(2)12-8-23(9-12)15-6-5-14-18-19-16(11-3-4-11)24(14)20-15/h5-7,11-12H,3-4,8-9H2,1-2H3. The number of carbonyl (C=O) groups is 1. The molecule has 0 unspecified atom stereocenters. The Labute approximate surface area is 149 Å². The molecular weight excluding hydrogens is 334 g/mol. The number of hydrogen-bond acceptors (Lipinski definition) is 7. The molecule has 0 atom stereocenters. The minimum Gasteiger partial charge on any atom is -0.361 e. The van der Waals surface area contributed by atoms with Crippen molar-refractivity contribution in [1.82, 2.24) is 29.9 Å². The van der Waals surface area contributed by atoms with Gasteiger partial charge < -0.3 is 14.3 Å². The molecule has 1 saturated carbocycles. The number of aromatic nitrogens is 5. The first-order valence-electron chi connectivity index (χ1n) is 8.78. The summed E-state index contributed by atoms with van der Waals surface area (Å²) in [6.07, 6.45) is 2.32. The van der Waals surface area contributed by atoms with Gasteiger partial charge in [0.05, 0.1) is 6.04 Å². The molecule has 1 saturated heterocycles. The van der Waals surface area contributed by atoms with Crippen molar-refractivity contribution in [3.05, 3.63) is 35.5 Å². The Balaban J connectivity index is 1.29. The van der Waals surface area contributed by atoms with Gasteiger partial charge in [0, 0.05) is 32.1 Å². The van der Waals surface area contributed by atoms with Gasteiger partial charge in [-0.05, 0) is 31.9 Å². The molecule has 2 aliphatic rings. The van der Waals surface area contributed by atoms with E-state index in [1.807, 2.05) is 16.6 Å². The van der Waals surface area contributed by atoms with Gasteiger partial charge in [-0.2, -0.15) is 4.52 Å². The van der Waals surface area contributed by atoms with Gasteiger partial charge in [0.15, 0.2) is 17.2 Å². The molecule has 3 aromatic rings. The number of amides is 1. The lowest BCUT2D eigenvalue weighted by atomic mass is 10.1. The highest BCUT2D eigenvalue weighted by atomic mass is 16.5. The fourth-order valence-electron chi connectivity index (χ4n) is 3.26. The van der Waals surface area contributed by atoms with E-state index >= 15 is 0 Å². The largest absolute Gasteiger partial charge is 0.361 e. The third kappa shape index (κ3) is 2.42. The summed E-state index contributed by atoms with van der Waals surface area (Å²) in [6.45, 7) is 3.24. The van der Waals surface area contributed by atoms with Gasteiger partial charge in [0.2, 0.25) is 0 Å². The van der Waals surface area contributed by atoms with Crippen LogP contribution in [0.4, 0.5) is 5.82 Å². The van der Waals surface area contributed by atoms with Crippen LogP contribution in [0.1, 0.15) is 40.8 Å². The van der Waals surface area contributed by atoms with Crippen LogP contribution >= 0.6 is 0 Å². The molecule has 0 bridgehead atoms. The van der Waals surface area contributed by atoms with Gasteiger partial charge in [-0.3, -0.25) is 4.79 Å². The summed E-state index contributed by atoms with van der Waals surface area (Å²) in [5.74, 6) is 2.84. The third-order valence-electron chi connectivity index (χ3n) is 5.12. The van der Waals surface area contributed by atoms with E-state index < -0.39 is 0 Å². The molecule has 0 radical (unpaired) electrons. The monoisotopic (exact) mass is 353 g/mol. The number of likely N-dealkylation sites (N-methyl/N-ethyl adjacent to an activating group) is 1. The molecule has 4 heterocycles. The summed E-state index contributed by atoms with van der Waals surface area (Å²) in [7, 11) is 1.80. The van der Waals surface area contributed by atoms with Gasteiger partial charge >= 0.3 is 0 Å². The van der Waals surface area contributed by atoms with Crippen molar-refractivity contribution in [2.75, 3.05) is 25.0 Å². The highest BCUT2D eigenvalue weighted by Gasteiger charge is 2.35. The zero-order valence-corrected chi connectivity index (χ0v) is 14.7. The topological polar surface area (TPSA) is 92.7 Å². The van der Waals surface area contributed by atoms with Crippen LogP contribution in [0.15, 0.2) is 22.7 Å². The first-order valence-corrected chi connectivity index (χ1v) is 8.78. The molecule has 1 amide bonds. The third-order valence-corrected chi connectivity index (χ3v) is 5.12. The summed E-state index contributed by atoms with van der Waals surface area (Å²) >= 11 is 0. The fraction of sp³-hybridized carbons (Fsp3) is 0.471. The van der Waals surface area contributed by atoms with E-state index in [9.17, 15) is 4.79 Å². The van der Waals surface area contributed by atoms with Gasteiger partial charge in [-0.15, -0.1) is 15.3 Å². The zero-order valence-electron chi connectivity index (χ0n) is 14.7. The first-order chi connectivity index (χ1) is 12.6. The van der Waals surface area contributed by atoms with Gasteiger partial charge in [0.1, 0.15) is 11.6 Å². The van der Waals surface area contributed by atoms with E-state index in [1.165, 1.54) is 0 Å². The van der Waals surface area contributed by atoms with E-state index in [0.29, 0.717) is 17.4 Å². The molecule has 9 nitrogen and oxygen atoms in total. The Hall–Kier alpha value is -2.97. The maximum absolute atomic E-state index is 12.5. The maximum Gasteiger partial charge on any atom is 0.276 e. The number of nitrogens with zero attached hydrogens (tertiary/aromatic N) is 7. The van der Waals surface area contributed by atoms with Crippen molar-refractivity contribution in [1.29, 1.82) is 0 Å². The van der Waals surface area contributed by atoms with E-state index in [0.717, 1.165) is 43.2 Å². The van der Waals surface area contributed by atoms with E-state index in [1.54, 1.807) is 24.9 Å². The van der Waals surface area contributed by atoms with Crippen molar-refractivity contribution in [3.8, 4) is 0 Å². The van der Waals surface area contributed by atoms with Gasteiger partial charge in [-0.1, -0.05) is 5.16 Å². The normalized spacial score (nSPS) is 17.5. The molecular formula is C17H19N7O2. The number of fused-ring (bicyclic) bond motifs is 1. The lowest BCUT2D eigenvalue weighted by Crippen LogP contribution is -2.60. The fourth-order valence-corrected chi connectivity index (χ4v) is 3.26. The van der Waals surface area contributed by atoms with Crippen molar-refractivity contribution in [2.45, 2.75) is 31.7 Å². The second kappa shape index (κ2) is 5.52. The van der Waals surface area contributed by atoms with Crippen molar-refractivity contribution >= 4 is 17.4 Å². The van der Waals surface area contributed by atoms with Crippen LogP contribution in [0.5, 0.6) is 0 Å². The Morgan fingerprint density at radius 1 is 1.27 bits per heavy atom. The van der Waals surface area contributed by atoms with Crippen LogP contribution in [-0.2, 0) is 0 Å². The molecule has 3 aromatic heterocycles. The summed E-state index contributed by atoms with van der Waals surface area (Å²) in [5.41, 5.74) is 1.13. The second-order valence-electron chi connectivity index (χ2n) is 7.09. The quantitative estimate of drug-likeness (QED) is 0.697. The van der Waals surface area contributed by atoms with Crippen LogP contribution in [0.3, 0.4) is 0 Å². The number of rotatable bonds is 4. The summed E-state index contributed by atoms with van der Waals surface area (Å²) in [6, 6.07) is 5.69. The van der Waals surface area contributed by atoms with E-state index in [2.05, 4.69) is 20.3 Å². The summed E-state index contributed by atoms with van der Waals surface area (Å²) in [4.78, 5) is 16.3. The Bertz CT molecular complexity index is 984. The second-order valence-corrected chi connectivity index (χ2v) is 7.09. The molecule has 26 heavy (non-hydrogen) atoms. The Kier molecular flexibility index (Phi) is 3.25. The average molecular weight is 353 g/mol. The molecule has 1 aliphatic carbocycles. The van der Waals surface area contributed by atoms with Crippen LogP contribution < -0.4 is 4.90 Å². The lowest BCUT2D eigenvalue weighted by molar-refractivity contribution is 0.0694. The molecule has 134 valence electrons. The van der Waals surface area contributed by atoms with Crippen LogP contribution in [0, 0.1) is 6.92 Å².